The monoisotopic (exact) mass is 557 g/mol. The largest absolute Gasteiger partial charge is 0.494 e. The van der Waals surface area contributed by atoms with Gasteiger partial charge in [-0.05, 0) is 68.0 Å². The normalized spacial score (nSPS) is 17.4. The van der Waals surface area contributed by atoms with E-state index in [1.165, 1.54) is 5.56 Å². The van der Waals surface area contributed by atoms with Crippen molar-refractivity contribution in [1.29, 1.82) is 0 Å². The van der Waals surface area contributed by atoms with Crippen molar-refractivity contribution in [2.75, 3.05) is 26.3 Å². The van der Waals surface area contributed by atoms with Crippen LogP contribution in [0.25, 0.3) is 0 Å². The predicted molar refractivity (Wildman–Crippen MR) is 156 cm³/mol. The Bertz CT molecular complexity index is 1250. The number of unbranched alkanes of at least 4 members (excludes halogenated alkanes) is 1. The molecule has 1 N–H and O–H groups in total. The lowest BCUT2D eigenvalue weighted by molar-refractivity contribution is -0.164. The van der Waals surface area contributed by atoms with Crippen LogP contribution < -0.4 is 4.74 Å². The van der Waals surface area contributed by atoms with Crippen LogP contribution in [-0.4, -0.2) is 48.6 Å². The topological polar surface area (TPSA) is 77.5 Å². The fraction of sp³-hybridized carbons (Fsp3) is 0.382. The van der Waals surface area contributed by atoms with Gasteiger partial charge in [0.2, 0.25) is 11.9 Å². The molecule has 7 nitrogen and oxygen atoms in total. The number of hydrogen-bond donors (Lipinski definition) is 1. The van der Waals surface area contributed by atoms with E-state index in [0.717, 1.165) is 51.7 Å². The lowest BCUT2D eigenvalue weighted by Crippen LogP contribution is -2.40. The summed E-state index contributed by atoms with van der Waals surface area (Å²) < 4.78 is 22.4. The summed E-state index contributed by atoms with van der Waals surface area (Å²) in [6.45, 7) is 3.63. The summed E-state index contributed by atoms with van der Waals surface area (Å²) >= 11 is 0. The Labute approximate surface area is 242 Å². The number of piperidine rings is 1. The summed E-state index contributed by atoms with van der Waals surface area (Å²) in [5.74, 6) is 0.180. The molecule has 0 saturated carbocycles. The van der Waals surface area contributed by atoms with E-state index in [-0.39, 0.29) is 18.8 Å². The van der Waals surface area contributed by atoms with Crippen molar-refractivity contribution >= 4 is 5.97 Å². The first-order chi connectivity index (χ1) is 20.1. The molecule has 1 atom stereocenters. The van der Waals surface area contributed by atoms with Crippen LogP contribution in [0.1, 0.15) is 48.8 Å². The maximum Gasteiger partial charge on any atom is 0.347 e. The highest BCUT2D eigenvalue weighted by molar-refractivity contribution is 5.85. The van der Waals surface area contributed by atoms with Gasteiger partial charge in [-0.1, -0.05) is 72.8 Å². The van der Waals surface area contributed by atoms with Crippen molar-refractivity contribution in [3.8, 4) is 5.75 Å². The van der Waals surface area contributed by atoms with Crippen molar-refractivity contribution in [3.05, 3.63) is 114 Å². The molecule has 1 saturated heterocycles. The molecule has 216 valence electrons. The van der Waals surface area contributed by atoms with Crippen molar-refractivity contribution in [2.45, 2.75) is 50.5 Å². The third-order valence-corrected chi connectivity index (χ3v) is 7.76. The summed E-state index contributed by atoms with van der Waals surface area (Å²) in [6, 6.07) is 26.5. The van der Waals surface area contributed by atoms with E-state index in [1.807, 2.05) is 30.3 Å². The molecular formula is C34H39NO6. The van der Waals surface area contributed by atoms with Crippen LogP contribution >= 0.6 is 0 Å². The molecule has 0 bridgehead atoms. The average Bonchev–Trinajstić information content (AvgIpc) is 3.55. The van der Waals surface area contributed by atoms with Gasteiger partial charge < -0.3 is 24.1 Å². The Kier molecular flexibility index (Phi) is 9.94. The summed E-state index contributed by atoms with van der Waals surface area (Å²) in [5.41, 5.74) is 0.244. The predicted octanol–water partition coefficient (Wildman–Crippen LogP) is 5.77. The van der Waals surface area contributed by atoms with Gasteiger partial charge in [-0.15, -0.1) is 0 Å². The molecule has 2 heterocycles. The smallest absolute Gasteiger partial charge is 0.347 e. The fourth-order valence-corrected chi connectivity index (χ4v) is 5.35. The van der Waals surface area contributed by atoms with Crippen LogP contribution in [0, 0.1) is 5.92 Å². The SMILES string of the molecule is O=C(OCC1CCN(Cc2ccccc2)CC1)C(O)(c1ccccc1)c1cccc(OCCCCC2OC=CO2)c1. The van der Waals surface area contributed by atoms with Crippen LogP contribution in [0.2, 0.25) is 0 Å². The highest BCUT2D eigenvalue weighted by Crippen LogP contribution is 2.34. The molecule has 0 amide bonds. The maximum absolute atomic E-state index is 13.6. The molecule has 3 aromatic rings. The van der Waals surface area contributed by atoms with Crippen LogP contribution in [0.5, 0.6) is 5.75 Å². The number of carbonyl (C=O) groups is 1. The maximum atomic E-state index is 13.6. The third kappa shape index (κ3) is 7.69. The van der Waals surface area contributed by atoms with Crippen LogP contribution in [-0.2, 0) is 31.2 Å². The Morgan fingerprint density at radius 2 is 1.56 bits per heavy atom. The summed E-state index contributed by atoms with van der Waals surface area (Å²) in [5, 5.41) is 11.9. The number of carbonyl (C=O) groups excluding carboxylic acids is 1. The molecule has 5 rings (SSSR count). The number of nitrogens with zero attached hydrogens (tertiary/aromatic N) is 1. The van der Waals surface area contributed by atoms with Gasteiger partial charge in [0.05, 0.1) is 13.2 Å². The standard InChI is InChI=1S/C34H39NO6/c36-33(41-26-28-17-19-35(20-18-28)25-27-10-3-1-4-11-27)34(37,29-12-5-2-6-13-29)30-14-9-15-31(24-30)38-21-8-7-16-32-39-22-23-40-32/h1-6,9-15,22-24,28,32,37H,7-8,16-21,25-26H2. The van der Waals surface area contributed by atoms with Gasteiger partial charge in [-0.3, -0.25) is 4.90 Å². The Morgan fingerprint density at radius 1 is 0.878 bits per heavy atom. The first-order valence-electron chi connectivity index (χ1n) is 14.5. The number of esters is 1. The van der Waals surface area contributed by atoms with Gasteiger partial charge in [-0.25, -0.2) is 4.79 Å². The van der Waals surface area contributed by atoms with E-state index >= 15 is 0 Å². The van der Waals surface area contributed by atoms with Crippen molar-refractivity contribution < 1.29 is 28.8 Å². The zero-order chi connectivity index (χ0) is 28.3. The molecule has 0 spiro atoms. The summed E-state index contributed by atoms with van der Waals surface area (Å²) in [7, 11) is 0. The van der Waals surface area contributed by atoms with Gasteiger partial charge in [0.25, 0.3) is 0 Å². The number of aliphatic hydroxyl groups is 1. The lowest BCUT2D eigenvalue weighted by Gasteiger charge is -2.33. The molecule has 1 unspecified atom stereocenters. The van der Waals surface area contributed by atoms with E-state index in [1.54, 1.807) is 42.9 Å². The van der Waals surface area contributed by atoms with Gasteiger partial charge >= 0.3 is 5.97 Å². The van der Waals surface area contributed by atoms with Gasteiger partial charge in [0.15, 0.2) is 0 Å². The minimum atomic E-state index is -1.95. The van der Waals surface area contributed by atoms with E-state index in [2.05, 4.69) is 29.2 Å². The lowest BCUT2D eigenvalue weighted by atomic mass is 9.86. The molecule has 0 aromatic heterocycles. The average molecular weight is 558 g/mol. The Balaban J connectivity index is 1.17. The minimum Gasteiger partial charge on any atom is -0.494 e. The van der Waals surface area contributed by atoms with Crippen molar-refractivity contribution in [1.82, 2.24) is 4.90 Å². The molecule has 41 heavy (non-hydrogen) atoms. The number of ether oxygens (including phenoxy) is 4. The molecule has 7 heteroatoms. The second-order valence-electron chi connectivity index (χ2n) is 10.7. The Morgan fingerprint density at radius 3 is 2.29 bits per heavy atom. The van der Waals surface area contributed by atoms with Crippen LogP contribution in [0.3, 0.4) is 0 Å². The highest BCUT2D eigenvalue weighted by Gasteiger charge is 2.42. The third-order valence-electron chi connectivity index (χ3n) is 7.76. The molecule has 2 aliphatic heterocycles. The minimum absolute atomic E-state index is 0.216. The van der Waals surface area contributed by atoms with E-state index in [0.29, 0.717) is 23.5 Å². The quantitative estimate of drug-likeness (QED) is 0.211. The molecule has 0 radical (unpaired) electrons. The Hall–Kier alpha value is -3.81. The van der Waals surface area contributed by atoms with Gasteiger partial charge in [-0.2, -0.15) is 0 Å². The van der Waals surface area contributed by atoms with Gasteiger partial charge in [0.1, 0.15) is 18.3 Å². The number of hydrogen-bond acceptors (Lipinski definition) is 7. The highest BCUT2D eigenvalue weighted by atomic mass is 16.7. The zero-order valence-electron chi connectivity index (χ0n) is 23.4. The summed E-state index contributed by atoms with van der Waals surface area (Å²) in [6.07, 6.45) is 7.28. The number of likely N-dealkylation sites (tertiary alicyclic amines) is 1. The van der Waals surface area contributed by atoms with E-state index < -0.39 is 11.6 Å². The van der Waals surface area contributed by atoms with E-state index in [4.69, 9.17) is 18.9 Å². The van der Waals surface area contributed by atoms with Crippen molar-refractivity contribution in [2.24, 2.45) is 5.92 Å². The van der Waals surface area contributed by atoms with Crippen LogP contribution in [0.15, 0.2) is 97.5 Å². The number of rotatable bonds is 13. The first-order valence-corrected chi connectivity index (χ1v) is 14.5. The summed E-state index contributed by atoms with van der Waals surface area (Å²) in [4.78, 5) is 16.0. The first kappa shape index (κ1) is 28.7. The number of benzene rings is 3. The second kappa shape index (κ2) is 14.2. The molecule has 3 aromatic carbocycles. The van der Waals surface area contributed by atoms with Crippen LogP contribution in [0.4, 0.5) is 0 Å². The zero-order valence-corrected chi connectivity index (χ0v) is 23.4. The fourth-order valence-electron chi connectivity index (χ4n) is 5.35. The molecule has 1 fully saturated rings. The molecule has 2 aliphatic rings. The molecular weight excluding hydrogens is 518 g/mol. The second-order valence-corrected chi connectivity index (χ2v) is 10.7. The van der Waals surface area contributed by atoms with Gasteiger partial charge in [0, 0.05) is 18.5 Å². The van der Waals surface area contributed by atoms with E-state index in [9.17, 15) is 9.90 Å². The van der Waals surface area contributed by atoms with Crippen molar-refractivity contribution in [3.63, 3.8) is 0 Å². The molecule has 0 aliphatic carbocycles.